The predicted octanol–water partition coefficient (Wildman–Crippen LogP) is 6.13. The third kappa shape index (κ3) is 7.89. The van der Waals surface area contributed by atoms with E-state index in [2.05, 4.69) is 15.6 Å². The molecule has 0 aliphatic carbocycles. The number of carbonyl (C=O) groups excluding carboxylic acids is 3. The van der Waals surface area contributed by atoms with Crippen molar-refractivity contribution in [1.29, 1.82) is 0 Å². The molecule has 1 heterocycles. The highest BCUT2D eigenvalue weighted by atomic mass is 32.1. The van der Waals surface area contributed by atoms with Gasteiger partial charge in [0.1, 0.15) is 12.6 Å². The molecule has 2 amide bonds. The Balaban J connectivity index is 1.34. The minimum absolute atomic E-state index is 0.0716. The molecule has 5 aromatic rings. The molecule has 2 N–H and O–H groups in total. The number of Topliss-reactive ketones (excluding diaryl/α,β-unsaturated/α-hetero) is 1. The van der Waals surface area contributed by atoms with Crippen molar-refractivity contribution in [2.45, 2.75) is 38.0 Å². The van der Waals surface area contributed by atoms with Crippen LogP contribution in [0.1, 0.15) is 32.9 Å². The summed E-state index contributed by atoms with van der Waals surface area (Å²) >= 11 is 1.31. The lowest BCUT2D eigenvalue weighted by atomic mass is 10.0. The van der Waals surface area contributed by atoms with Gasteiger partial charge in [-0.3, -0.25) is 9.59 Å². The lowest BCUT2D eigenvalue weighted by Crippen LogP contribution is -2.52. The summed E-state index contributed by atoms with van der Waals surface area (Å²) in [5.41, 5.74) is 3.49. The maximum absolute atomic E-state index is 13.8. The average molecular weight is 578 g/mol. The zero-order valence-electron chi connectivity index (χ0n) is 22.9. The predicted molar refractivity (Wildman–Crippen MR) is 164 cm³/mol. The van der Waals surface area contributed by atoms with Crippen LogP contribution in [0, 0.1) is 0 Å². The Kier molecular flexibility index (Phi) is 9.69. The normalized spacial score (nSPS) is 12.3. The standard InChI is InChI=1S/C34H31N3O4S/c38-31(33-36-27-18-10-11-19-30(27)42-33)28(21-20-24-12-4-1-5-13-24)35-32(39)29(22-25-14-6-2-7-15-25)37-34(40)41-23-26-16-8-3-9-17-26/h1-19,28-29H,20-23H2,(H,35,39)(H,37,40)/t28?,29-/m0/s1. The highest BCUT2D eigenvalue weighted by molar-refractivity contribution is 7.20. The summed E-state index contributed by atoms with van der Waals surface area (Å²) in [6, 6.07) is 34.3. The SMILES string of the molecule is O=C(N[C@@H](Cc1ccccc1)C(=O)NC(CCc1ccccc1)C(=O)c1nc2ccccc2s1)OCc1ccccc1. The molecule has 8 heteroatoms. The van der Waals surface area contributed by atoms with E-state index in [4.69, 9.17) is 4.74 Å². The summed E-state index contributed by atoms with van der Waals surface area (Å²) in [5.74, 6) is -0.728. The molecule has 42 heavy (non-hydrogen) atoms. The van der Waals surface area contributed by atoms with E-state index < -0.39 is 24.1 Å². The molecule has 0 spiro atoms. The lowest BCUT2D eigenvalue weighted by Gasteiger charge is -2.22. The molecule has 0 saturated carbocycles. The van der Waals surface area contributed by atoms with Gasteiger partial charge in [0.15, 0.2) is 5.01 Å². The molecule has 0 aliphatic heterocycles. The van der Waals surface area contributed by atoms with Crippen LogP contribution < -0.4 is 10.6 Å². The van der Waals surface area contributed by atoms with Gasteiger partial charge in [0.25, 0.3) is 0 Å². The number of fused-ring (bicyclic) bond motifs is 1. The molecule has 212 valence electrons. The van der Waals surface area contributed by atoms with Crippen molar-refractivity contribution in [3.63, 3.8) is 0 Å². The molecule has 2 atom stereocenters. The Morgan fingerprint density at radius 1 is 0.690 bits per heavy atom. The maximum atomic E-state index is 13.8. The second-order valence-corrected chi connectivity index (χ2v) is 10.9. The second kappa shape index (κ2) is 14.2. The molecule has 0 saturated heterocycles. The first-order chi connectivity index (χ1) is 20.5. The molecule has 4 aromatic carbocycles. The number of carbonyl (C=O) groups is 3. The Hall–Kier alpha value is -4.82. The lowest BCUT2D eigenvalue weighted by molar-refractivity contribution is -0.123. The van der Waals surface area contributed by atoms with Gasteiger partial charge in [0.2, 0.25) is 11.7 Å². The molecule has 5 rings (SSSR count). The van der Waals surface area contributed by atoms with Crippen molar-refractivity contribution < 1.29 is 19.1 Å². The van der Waals surface area contributed by atoms with Gasteiger partial charge >= 0.3 is 6.09 Å². The van der Waals surface area contributed by atoms with Gasteiger partial charge in [-0.25, -0.2) is 9.78 Å². The van der Waals surface area contributed by atoms with Crippen molar-refractivity contribution in [2.75, 3.05) is 0 Å². The molecule has 0 bridgehead atoms. The molecule has 0 fully saturated rings. The fraction of sp³-hybridized carbons (Fsp3) is 0.176. The van der Waals surface area contributed by atoms with Crippen LogP contribution in [0.4, 0.5) is 4.79 Å². The maximum Gasteiger partial charge on any atom is 0.408 e. The first-order valence-corrected chi connectivity index (χ1v) is 14.6. The fourth-order valence-electron chi connectivity index (χ4n) is 4.59. The van der Waals surface area contributed by atoms with E-state index in [0.29, 0.717) is 17.8 Å². The third-order valence-corrected chi connectivity index (χ3v) is 7.86. The number of benzene rings is 4. The van der Waals surface area contributed by atoms with E-state index in [0.717, 1.165) is 26.9 Å². The summed E-state index contributed by atoms with van der Waals surface area (Å²) in [5, 5.41) is 5.99. The topological polar surface area (TPSA) is 97.4 Å². The number of aromatic nitrogens is 1. The number of nitrogens with one attached hydrogen (secondary N) is 2. The number of aryl methyl sites for hydroxylation is 1. The second-order valence-electron chi connectivity index (χ2n) is 9.88. The molecule has 7 nitrogen and oxygen atoms in total. The Morgan fingerprint density at radius 2 is 1.29 bits per heavy atom. The van der Waals surface area contributed by atoms with Crippen LogP contribution >= 0.6 is 11.3 Å². The van der Waals surface area contributed by atoms with Crippen LogP contribution in [0.5, 0.6) is 0 Å². The molecule has 0 radical (unpaired) electrons. The third-order valence-electron chi connectivity index (χ3n) is 6.81. The van der Waals surface area contributed by atoms with Crippen molar-refractivity contribution in [3.8, 4) is 0 Å². The van der Waals surface area contributed by atoms with Gasteiger partial charge in [-0.05, 0) is 41.7 Å². The molecule has 1 unspecified atom stereocenters. The number of hydrogen-bond donors (Lipinski definition) is 2. The number of alkyl carbamates (subject to hydrolysis) is 1. The Labute approximate surface area is 248 Å². The van der Waals surface area contributed by atoms with Gasteiger partial charge in [-0.15, -0.1) is 11.3 Å². The fourth-order valence-corrected chi connectivity index (χ4v) is 5.55. The van der Waals surface area contributed by atoms with Gasteiger partial charge in [-0.1, -0.05) is 103 Å². The van der Waals surface area contributed by atoms with Gasteiger partial charge < -0.3 is 15.4 Å². The first kappa shape index (κ1) is 28.7. The number of nitrogens with zero attached hydrogens (tertiary/aromatic N) is 1. The largest absolute Gasteiger partial charge is 0.445 e. The van der Waals surface area contributed by atoms with Crippen LogP contribution in [0.3, 0.4) is 0 Å². The molecule has 1 aromatic heterocycles. The number of ketones is 1. The summed E-state index contributed by atoms with van der Waals surface area (Å²) in [4.78, 5) is 44.8. The van der Waals surface area contributed by atoms with E-state index in [9.17, 15) is 14.4 Å². The number of ether oxygens (including phenoxy) is 1. The zero-order chi connectivity index (χ0) is 29.1. The monoisotopic (exact) mass is 577 g/mol. The molecule has 0 aliphatic rings. The van der Waals surface area contributed by atoms with E-state index in [1.807, 2.05) is 115 Å². The van der Waals surface area contributed by atoms with Crippen LogP contribution in [0.25, 0.3) is 10.2 Å². The Morgan fingerprint density at radius 3 is 1.95 bits per heavy atom. The van der Waals surface area contributed by atoms with Gasteiger partial charge in [-0.2, -0.15) is 0 Å². The van der Waals surface area contributed by atoms with Crippen molar-refractivity contribution in [1.82, 2.24) is 15.6 Å². The van der Waals surface area contributed by atoms with Crippen LogP contribution in [0.15, 0.2) is 115 Å². The first-order valence-electron chi connectivity index (χ1n) is 13.8. The van der Waals surface area contributed by atoms with E-state index in [1.165, 1.54) is 11.3 Å². The van der Waals surface area contributed by atoms with E-state index in [-0.39, 0.29) is 18.8 Å². The molecular formula is C34H31N3O4S. The van der Waals surface area contributed by atoms with Crippen molar-refractivity contribution >= 4 is 39.3 Å². The Bertz CT molecular complexity index is 1590. The number of amides is 2. The summed E-state index contributed by atoms with van der Waals surface area (Å²) in [6.45, 7) is 0.0716. The van der Waals surface area contributed by atoms with Crippen LogP contribution in [0.2, 0.25) is 0 Å². The highest BCUT2D eigenvalue weighted by Crippen LogP contribution is 2.23. The van der Waals surface area contributed by atoms with Crippen molar-refractivity contribution in [2.24, 2.45) is 0 Å². The number of rotatable bonds is 12. The van der Waals surface area contributed by atoms with Crippen LogP contribution in [-0.4, -0.2) is 34.9 Å². The minimum atomic E-state index is -0.960. The number of hydrogen-bond acceptors (Lipinski definition) is 6. The van der Waals surface area contributed by atoms with Gasteiger partial charge in [0.05, 0.1) is 16.3 Å². The van der Waals surface area contributed by atoms with E-state index in [1.54, 1.807) is 0 Å². The summed E-state index contributed by atoms with van der Waals surface area (Å²) in [7, 11) is 0. The number of para-hydroxylation sites is 1. The van der Waals surface area contributed by atoms with E-state index >= 15 is 0 Å². The summed E-state index contributed by atoms with van der Waals surface area (Å²) < 4.78 is 6.30. The summed E-state index contributed by atoms with van der Waals surface area (Å²) in [6.07, 6.45) is 0.473. The van der Waals surface area contributed by atoms with Crippen LogP contribution in [-0.2, 0) is 29.0 Å². The highest BCUT2D eigenvalue weighted by Gasteiger charge is 2.29. The minimum Gasteiger partial charge on any atom is -0.445 e. The smallest absolute Gasteiger partial charge is 0.408 e. The average Bonchev–Trinajstić information content (AvgIpc) is 3.47. The molecular weight excluding hydrogens is 546 g/mol. The quantitative estimate of drug-likeness (QED) is 0.174. The van der Waals surface area contributed by atoms with Gasteiger partial charge in [0, 0.05) is 6.42 Å². The van der Waals surface area contributed by atoms with Crippen molar-refractivity contribution in [3.05, 3.63) is 137 Å². The zero-order valence-corrected chi connectivity index (χ0v) is 23.8. The number of thiazole rings is 1.